The van der Waals surface area contributed by atoms with Gasteiger partial charge in [-0.15, -0.1) is 0 Å². The quantitative estimate of drug-likeness (QED) is 0.771. The number of carbonyl (C=O) groups is 1. The summed E-state index contributed by atoms with van der Waals surface area (Å²) in [6.45, 7) is 7.22. The van der Waals surface area contributed by atoms with Crippen LogP contribution in [0.5, 0.6) is 0 Å². The number of amides is 1. The SMILES string of the molecule is CC(CN)CC(=O)NC1CCC(C)(C)CC1. The van der Waals surface area contributed by atoms with Crippen LogP contribution in [0.4, 0.5) is 0 Å². The lowest BCUT2D eigenvalue weighted by atomic mass is 9.75. The van der Waals surface area contributed by atoms with Crippen molar-refractivity contribution in [2.24, 2.45) is 17.1 Å². The summed E-state index contributed by atoms with van der Waals surface area (Å²) in [7, 11) is 0. The fraction of sp³-hybridized carbons (Fsp3) is 0.923. The first-order valence-corrected chi connectivity index (χ1v) is 6.42. The van der Waals surface area contributed by atoms with E-state index in [4.69, 9.17) is 5.73 Å². The Morgan fingerprint density at radius 1 is 1.44 bits per heavy atom. The highest BCUT2D eigenvalue weighted by Crippen LogP contribution is 2.34. The van der Waals surface area contributed by atoms with Gasteiger partial charge in [-0.25, -0.2) is 0 Å². The molecule has 0 bridgehead atoms. The molecular formula is C13H26N2O. The van der Waals surface area contributed by atoms with Gasteiger partial charge in [0.2, 0.25) is 5.91 Å². The van der Waals surface area contributed by atoms with Crippen molar-refractivity contribution in [3.63, 3.8) is 0 Å². The van der Waals surface area contributed by atoms with Gasteiger partial charge in [-0.1, -0.05) is 20.8 Å². The molecule has 1 unspecified atom stereocenters. The molecule has 1 amide bonds. The normalized spacial score (nSPS) is 22.8. The van der Waals surface area contributed by atoms with Crippen molar-refractivity contribution < 1.29 is 4.79 Å². The monoisotopic (exact) mass is 226 g/mol. The van der Waals surface area contributed by atoms with Crippen molar-refractivity contribution in [3.8, 4) is 0 Å². The van der Waals surface area contributed by atoms with Gasteiger partial charge in [0, 0.05) is 12.5 Å². The van der Waals surface area contributed by atoms with Gasteiger partial charge in [0.15, 0.2) is 0 Å². The molecule has 0 aliphatic heterocycles. The van der Waals surface area contributed by atoms with Gasteiger partial charge in [-0.05, 0) is 43.6 Å². The predicted octanol–water partition coefficient (Wildman–Crippen LogP) is 2.06. The van der Waals surface area contributed by atoms with Crippen molar-refractivity contribution in [2.45, 2.75) is 58.9 Å². The van der Waals surface area contributed by atoms with Gasteiger partial charge < -0.3 is 11.1 Å². The summed E-state index contributed by atoms with van der Waals surface area (Å²) in [4.78, 5) is 11.7. The van der Waals surface area contributed by atoms with Gasteiger partial charge in [0.05, 0.1) is 0 Å². The summed E-state index contributed by atoms with van der Waals surface area (Å²) in [6.07, 6.45) is 5.23. The maximum atomic E-state index is 11.7. The number of hydrogen-bond donors (Lipinski definition) is 2. The van der Waals surface area contributed by atoms with E-state index in [1.54, 1.807) is 0 Å². The molecule has 0 heterocycles. The van der Waals surface area contributed by atoms with Crippen LogP contribution >= 0.6 is 0 Å². The van der Waals surface area contributed by atoms with E-state index >= 15 is 0 Å². The molecule has 0 spiro atoms. The number of rotatable bonds is 4. The first-order chi connectivity index (χ1) is 7.43. The van der Waals surface area contributed by atoms with Crippen LogP contribution in [0.2, 0.25) is 0 Å². The van der Waals surface area contributed by atoms with E-state index in [2.05, 4.69) is 19.2 Å². The molecule has 1 atom stereocenters. The average molecular weight is 226 g/mol. The van der Waals surface area contributed by atoms with E-state index in [1.807, 2.05) is 6.92 Å². The van der Waals surface area contributed by atoms with Crippen LogP contribution in [-0.4, -0.2) is 18.5 Å². The summed E-state index contributed by atoms with van der Waals surface area (Å²) in [5, 5.41) is 3.13. The molecule has 1 rings (SSSR count). The zero-order valence-electron chi connectivity index (χ0n) is 10.9. The van der Waals surface area contributed by atoms with Crippen LogP contribution < -0.4 is 11.1 Å². The summed E-state index contributed by atoms with van der Waals surface area (Å²) in [5.74, 6) is 0.461. The van der Waals surface area contributed by atoms with E-state index in [0.29, 0.717) is 30.3 Å². The maximum Gasteiger partial charge on any atom is 0.220 e. The van der Waals surface area contributed by atoms with Crippen molar-refractivity contribution in [1.82, 2.24) is 5.32 Å². The highest BCUT2D eigenvalue weighted by molar-refractivity contribution is 5.76. The Morgan fingerprint density at radius 2 is 2.00 bits per heavy atom. The standard InChI is InChI=1S/C13H26N2O/c1-10(9-14)8-12(16)15-11-4-6-13(2,3)7-5-11/h10-11H,4-9,14H2,1-3H3,(H,15,16). The molecule has 0 radical (unpaired) electrons. The summed E-state index contributed by atoms with van der Waals surface area (Å²) < 4.78 is 0. The number of carbonyl (C=O) groups excluding carboxylic acids is 1. The predicted molar refractivity (Wildman–Crippen MR) is 67.0 cm³/mol. The number of nitrogens with one attached hydrogen (secondary N) is 1. The Hall–Kier alpha value is -0.570. The lowest BCUT2D eigenvalue weighted by Gasteiger charge is -2.34. The van der Waals surface area contributed by atoms with E-state index in [-0.39, 0.29) is 5.91 Å². The Kier molecular flexibility index (Phi) is 4.78. The van der Waals surface area contributed by atoms with Crippen LogP contribution in [0.3, 0.4) is 0 Å². The fourth-order valence-electron chi connectivity index (χ4n) is 2.23. The molecule has 1 saturated carbocycles. The molecule has 16 heavy (non-hydrogen) atoms. The number of nitrogens with two attached hydrogens (primary N) is 1. The average Bonchev–Trinajstić information content (AvgIpc) is 2.21. The Morgan fingerprint density at radius 3 is 2.50 bits per heavy atom. The van der Waals surface area contributed by atoms with E-state index < -0.39 is 0 Å². The molecule has 3 N–H and O–H groups in total. The van der Waals surface area contributed by atoms with Crippen molar-refractivity contribution >= 4 is 5.91 Å². The second kappa shape index (κ2) is 5.67. The molecule has 1 aliphatic carbocycles. The van der Waals surface area contributed by atoms with Crippen LogP contribution in [-0.2, 0) is 4.79 Å². The first-order valence-electron chi connectivity index (χ1n) is 6.42. The molecule has 94 valence electrons. The van der Waals surface area contributed by atoms with Crippen LogP contribution in [0.1, 0.15) is 52.9 Å². The van der Waals surface area contributed by atoms with Crippen molar-refractivity contribution in [3.05, 3.63) is 0 Å². The van der Waals surface area contributed by atoms with Gasteiger partial charge in [0.25, 0.3) is 0 Å². The second-order valence-electron chi connectivity index (χ2n) is 6.05. The summed E-state index contributed by atoms with van der Waals surface area (Å²) in [6, 6.07) is 0.394. The zero-order valence-corrected chi connectivity index (χ0v) is 10.9. The number of hydrogen-bond acceptors (Lipinski definition) is 2. The maximum absolute atomic E-state index is 11.7. The van der Waals surface area contributed by atoms with Gasteiger partial charge in [-0.2, -0.15) is 0 Å². The molecule has 1 aliphatic rings. The van der Waals surface area contributed by atoms with Crippen LogP contribution in [0, 0.1) is 11.3 Å². The molecular weight excluding hydrogens is 200 g/mol. The highest BCUT2D eigenvalue weighted by atomic mass is 16.1. The molecule has 3 heteroatoms. The van der Waals surface area contributed by atoms with E-state index in [0.717, 1.165) is 12.8 Å². The van der Waals surface area contributed by atoms with Gasteiger partial charge >= 0.3 is 0 Å². The van der Waals surface area contributed by atoms with E-state index in [9.17, 15) is 4.79 Å². The Balaban J connectivity index is 2.26. The largest absolute Gasteiger partial charge is 0.353 e. The molecule has 3 nitrogen and oxygen atoms in total. The molecule has 0 aromatic heterocycles. The van der Waals surface area contributed by atoms with Crippen LogP contribution in [0.15, 0.2) is 0 Å². The molecule has 0 aromatic rings. The third-order valence-electron chi connectivity index (χ3n) is 3.64. The third-order valence-corrected chi connectivity index (χ3v) is 3.64. The minimum absolute atomic E-state index is 0.169. The van der Waals surface area contributed by atoms with Gasteiger partial charge in [-0.3, -0.25) is 4.79 Å². The van der Waals surface area contributed by atoms with Crippen molar-refractivity contribution in [2.75, 3.05) is 6.54 Å². The third kappa shape index (κ3) is 4.52. The molecule has 1 fully saturated rings. The Labute approximate surface area is 99.2 Å². The van der Waals surface area contributed by atoms with Gasteiger partial charge in [0.1, 0.15) is 0 Å². The van der Waals surface area contributed by atoms with Crippen molar-refractivity contribution in [1.29, 1.82) is 0 Å². The summed E-state index contributed by atoms with van der Waals surface area (Å²) in [5.41, 5.74) is 5.97. The smallest absolute Gasteiger partial charge is 0.220 e. The minimum atomic E-state index is 0.169. The summed E-state index contributed by atoms with van der Waals surface area (Å²) >= 11 is 0. The fourth-order valence-corrected chi connectivity index (χ4v) is 2.23. The lowest BCUT2D eigenvalue weighted by molar-refractivity contribution is -0.122. The topological polar surface area (TPSA) is 55.1 Å². The van der Waals surface area contributed by atoms with Crippen LogP contribution in [0.25, 0.3) is 0 Å². The van der Waals surface area contributed by atoms with E-state index in [1.165, 1.54) is 12.8 Å². The lowest BCUT2D eigenvalue weighted by Crippen LogP contribution is -2.40. The molecule has 0 aromatic carbocycles. The highest BCUT2D eigenvalue weighted by Gasteiger charge is 2.27. The Bertz CT molecular complexity index is 228. The second-order valence-corrected chi connectivity index (χ2v) is 6.05. The molecule has 0 saturated heterocycles. The minimum Gasteiger partial charge on any atom is -0.353 e. The zero-order chi connectivity index (χ0) is 12.2. The first kappa shape index (κ1) is 13.5.